The Labute approximate surface area is 135 Å². The van der Waals surface area contributed by atoms with Gasteiger partial charge in [-0.3, -0.25) is 9.59 Å². The second-order valence-corrected chi connectivity index (χ2v) is 6.30. The first-order chi connectivity index (χ1) is 10.5. The molecule has 1 aromatic carbocycles. The fraction of sp³-hybridized carbons (Fsp3) is 0.500. The summed E-state index contributed by atoms with van der Waals surface area (Å²) in [5.74, 6) is -0.350. The predicted molar refractivity (Wildman–Crippen MR) is 87.8 cm³/mol. The van der Waals surface area contributed by atoms with Crippen LogP contribution >= 0.6 is 11.6 Å². The van der Waals surface area contributed by atoms with E-state index in [2.05, 4.69) is 5.32 Å². The second-order valence-electron chi connectivity index (χ2n) is 5.89. The van der Waals surface area contributed by atoms with Crippen LogP contribution in [0.4, 0.5) is 5.69 Å². The minimum absolute atomic E-state index is 0.181. The highest BCUT2D eigenvalue weighted by Crippen LogP contribution is 2.27. The van der Waals surface area contributed by atoms with E-state index in [1.165, 1.54) is 31.4 Å². The van der Waals surface area contributed by atoms with Crippen molar-refractivity contribution in [2.45, 2.75) is 44.6 Å². The topological polar surface area (TPSA) is 98.2 Å². The van der Waals surface area contributed by atoms with Gasteiger partial charge in [-0.15, -0.1) is 0 Å². The molecule has 5 nitrogen and oxygen atoms in total. The first kappa shape index (κ1) is 16.8. The van der Waals surface area contributed by atoms with Gasteiger partial charge in [0.2, 0.25) is 11.8 Å². The molecule has 2 amide bonds. The summed E-state index contributed by atoms with van der Waals surface area (Å²) in [5.41, 5.74) is 11.9. The summed E-state index contributed by atoms with van der Waals surface area (Å²) in [5, 5.41) is 2.98. The van der Waals surface area contributed by atoms with E-state index in [0.29, 0.717) is 18.0 Å². The lowest BCUT2D eigenvalue weighted by Crippen LogP contribution is -2.37. The summed E-state index contributed by atoms with van der Waals surface area (Å²) in [6.07, 6.45) is 6.71. The molecule has 0 radical (unpaired) electrons. The van der Waals surface area contributed by atoms with Crippen LogP contribution in [-0.2, 0) is 4.79 Å². The van der Waals surface area contributed by atoms with Crippen LogP contribution in [0.2, 0.25) is 5.02 Å². The van der Waals surface area contributed by atoms with Crippen LogP contribution in [0.15, 0.2) is 18.2 Å². The summed E-state index contributed by atoms with van der Waals surface area (Å²) in [4.78, 5) is 23.4. The first-order valence-corrected chi connectivity index (χ1v) is 8.01. The molecule has 1 aliphatic carbocycles. The zero-order valence-electron chi connectivity index (χ0n) is 12.5. The number of amides is 2. The molecule has 22 heavy (non-hydrogen) atoms. The number of carbonyl (C=O) groups excluding carboxylic acids is 2. The van der Waals surface area contributed by atoms with E-state index in [1.807, 2.05) is 0 Å². The Balaban J connectivity index is 1.95. The van der Waals surface area contributed by atoms with Crippen LogP contribution < -0.4 is 16.8 Å². The van der Waals surface area contributed by atoms with Crippen molar-refractivity contribution in [2.75, 3.05) is 5.32 Å². The number of hydrogen-bond acceptors (Lipinski definition) is 3. The van der Waals surface area contributed by atoms with Crippen molar-refractivity contribution in [3.63, 3.8) is 0 Å². The lowest BCUT2D eigenvalue weighted by molar-refractivity contribution is -0.117. The third kappa shape index (κ3) is 4.45. The van der Waals surface area contributed by atoms with Crippen molar-refractivity contribution < 1.29 is 9.59 Å². The Kier molecular flexibility index (Phi) is 5.80. The summed E-state index contributed by atoms with van der Waals surface area (Å²) < 4.78 is 0. The molecule has 1 aromatic rings. The molecule has 1 fully saturated rings. The number of anilines is 1. The number of rotatable bonds is 5. The molecule has 0 aromatic heterocycles. The summed E-state index contributed by atoms with van der Waals surface area (Å²) in [6.45, 7) is 0. The molecule has 1 aliphatic rings. The summed E-state index contributed by atoms with van der Waals surface area (Å²) in [7, 11) is 0. The lowest BCUT2D eigenvalue weighted by Gasteiger charge is -2.24. The molecule has 2 rings (SSSR count). The molecule has 0 bridgehead atoms. The number of benzene rings is 1. The highest BCUT2D eigenvalue weighted by molar-refractivity contribution is 6.34. The van der Waals surface area contributed by atoms with Crippen molar-refractivity contribution >= 4 is 29.1 Å². The highest BCUT2D eigenvalue weighted by Gasteiger charge is 2.21. The quantitative estimate of drug-likeness (QED) is 0.776. The molecule has 6 heteroatoms. The number of nitrogens with one attached hydrogen (secondary N) is 1. The first-order valence-electron chi connectivity index (χ1n) is 7.63. The Hall–Kier alpha value is -1.59. The highest BCUT2D eigenvalue weighted by atomic mass is 35.5. The van der Waals surface area contributed by atoms with Crippen molar-refractivity contribution in [1.82, 2.24) is 0 Å². The van der Waals surface area contributed by atoms with E-state index in [1.54, 1.807) is 6.07 Å². The Bertz CT molecular complexity index is 556. The van der Waals surface area contributed by atoms with E-state index in [4.69, 9.17) is 23.1 Å². The maximum absolute atomic E-state index is 12.2. The third-order valence-electron chi connectivity index (χ3n) is 4.15. The van der Waals surface area contributed by atoms with Crippen molar-refractivity contribution in [1.29, 1.82) is 0 Å². The van der Waals surface area contributed by atoms with Gasteiger partial charge in [-0.2, -0.15) is 0 Å². The number of halogens is 1. The van der Waals surface area contributed by atoms with E-state index in [0.717, 1.165) is 12.8 Å². The Morgan fingerprint density at radius 1 is 1.27 bits per heavy atom. The molecular weight excluding hydrogens is 302 g/mol. The van der Waals surface area contributed by atoms with Crippen LogP contribution in [0.1, 0.15) is 48.9 Å². The average molecular weight is 324 g/mol. The van der Waals surface area contributed by atoms with Crippen LogP contribution in [0, 0.1) is 5.92 Å². The van der Waals surface area contributed by atoms with Gasteiger partial charge < -0.3 is 16.8 Å². The smallest absolute Gasteiger partial charge is 0.250 e. The Morgan fingerprint density at radius 3 is 2.59 bits per heavy atom. The van der Waals surface area contributed by atoms with Crippen molar-refractivity contribution in [2.24, 2.45) is 17.4 Å². The SMILES string of the molecule is NC(=O)c1cc(NC(=O)C(N)CC2CCCCC2)ccc1Cl. The van der Waals surface area contributed by atoms with Gasteiger partial charge in [0, 0.05) is 5.69 Å². The second kappa shape index (κ2) is 7.61. The van der Waals surface area contributed by atoms with E-state index in [-0.39, 0.29) is 16.5 Å². The van der Waals surface area contributed by atoms with Gasteiger partial charge in [-0.25, -0.2) is 0 Å². The van der Waals surface area contributed by atoms with Gasteiger partial charge >= 0.3 is 0 Å². The van der Waals surface area contributed by atoms with Crippen LogP contribution in [-0.4, -0.2) is 17.9 Å². The standard InChI is InChI=1S/C16H22ClN3O2/c17-13-7-6-11(9-12(13)15(19)21)20-16(22)14(18)8-10-4-2-1-3-5-10/h6-7,9-10,14H,1-5,8,18H2,(H2,19,21)(H,20,22). The summed E-state index contributed by atoms with van der Waals surface area (Å²) in [6, 6.07) is 4.08. The van der Waals surface area contributed by atoms with Gasteiger partial charge in [0.25, 0.3) is 0 Å². The van der Waals surface area contributed by atoms with E-state index >= 15 is 0 Å². The maximum atomic E-state index is 12.2. The fourth-order valence-electron chi connectivity index (χ4n) is 2.92. The Morgan fingerprint density at radius 2 is 1.95 bits per heavy atom. The predicted octanol–water partition coefficient (Wildman–Crippen LogP) is 2.68. The van der Waals surface area contributed by atoms with E-state index < -0.39 is 11.9 Å². The minimum Gasteiger partial charge on any atom is -0.366 e. The molecular formula is C16H22ClN3O2. The maximum Gasteiger partial charge on any atom is 0.250 e. The van der Waals surface area contributed by atoms with Gasteiger partial charge in [-0.1, -0.05) is 43.7 Å². The van der Waals surface area contributed by atoms with Gasteiger partial charge in [0.1, 0.15) is 0 Å². The summed E-state index contributed by atoms with van der Waals surface area (Å²) >= 11 is 5.88. The molecule has 1 atom stereocenters. The zero-order valence-corrected chi connectivity index (χ0v) is 13.2. The van der Waals surface area contributed by atoms with Gasteiger partial charge in [0.05, 0.1) is 16.6 Å². The van der Waals surface area contributed by atoms with Crippen LogP contribution in [0.3, 0.4) is 0 Å². The number of nitrogens with two attached hydrogens (primary N) is 2. The molecule has 0 spiro atoms. The molecule has 0 aliphatic heterocycles. The van der Waals surface area contributed by atoms with Crippen LogP contribution in [0.25, 0.3) is 0 Å². The van der Waals surface area contributed by atoms with Crippen molar-refractivity contribution in [3.8, 4) is 0 Å². The molecule has 120 valence electrons. The molecule has 1 saturated carbocycles. The zero-order chi connectivity index (χ0) is 16.1. The average Bonchev–Trinajstić information content (AvgIpc) is 2.49. The largest absolute Gasteiger partial charge is 0.366 e. The van der Waals surface area contributed by atoms with Crippen molar-refractivity contribution in [3.05, 3.63) is 28.8 Å². The third-order valence-corrected chi connectivity index (χ3v) is 4.48. The normalized spacial score (nSPS) is 17.0. The molecule has 0 heterocycles. The molecule has 5 N–H and O–H groups in total. The molecule has 1 unspecified atom stereocenters. The number of primary amides is 1. The van der Waals surface area contributed by atoms with Crippen LogP contribution in [0.5, 0.6) is 0 Å². The molecule has 0 saturated heterocycles. The minimum atomic E-state index is -0.632. The number of hydrogen-bond donors (Lipinski definition) is 3. The number of carbonyl (C=O) groups is 2. The fourth-order valence-corrected chi connectivity index (χ4v) is 3.13. The monoisotopic (exact) mass is 323 g/mol. The van der Waals surface area contributed by atoms with Gasteiger partial charge in [-0.05, 0) is 30.5 Å². The van der Waals surface area contributed by atoms with Gasteiger partial charge in [0.15, 0.2) is 0 Å². The van der Waals surface area contributed by atoms with E-state index in [9.17, 15) is 9.59 Å². The lowest BCUT2D eigenvalue weighted by atomic mass is 9.85.